The highest BCUT2D eigenvalue weighted by atomic mass is 16.5. The number of ether oxygens (including phenoxy) is 2. The zero-order chi connectivity index (χ0) is 13.2. The van der Waals surface area contributed by atoms with Gasteiger partial charge in [-0.1, -0.05) is 6.42 Å². The van der Waals surface area contributed by atoms with Gasteiger partial charge in [-0.2, -0.15) is 4.98 Å². The van der Waals surface area contributed by atoms with E-state index in [1.807, 2.05) is 6.92 Å². The van der Waals surface area contributed by atoms with Gasteiger partial charge < -0.3 is 14.8 Å². The van der Waals surface area contributed by atoms with Crippen LogP contribution in [0.1, 0.15) is 48.4 Å². The van der Waals surface area contributed by atoms with E-state index < -0.39 is 0 Å². The number of hydrogen-bond acceptors (Lipinski definition) is 5. The average Bonchev–Trinajstić information content (AvgIpc) is 2.37. The van der Waals surface area contributed by atoms with Crippen LogP contribution in [0.2, 0.25) is 0 Å². The lowest BCUT2D eigenvalue weighted by Crippen LogP contribution is -2.34. The topological polar surface area (TPSA) is 56.3 Å². The van der Waals surface area contributed by atoms with Crippen LogP contribution in [-0.4, -0.2) is 36.8 Å². The van der Waals surface area contributed by atoms with Gasteiger partial charge in [-0.3, -0.25) is 0 Å². The van der Waals surface area contributed by atoms with Crippen molar-refractivity contribution in [3.05, 3.63) is 17.1 Å². The van der Waals surface area contributed by atoms with Gasteiger partial charge in [-0.15, -0.1) is 0 Å². The van der Waals surface area contributed by atoms with Gasteiger partial charge in [0.25, 0.3) is 0 Å². The summed E-state index contributed by atoms with van der Waals surface area (Å²) < 4.78 is 11.3. The van der Waals surface area contributed by atoms with Crippen molar-refractivity contribution in [1.29, 1.82) is 0 Å². The fourth-order valence-corrected chi connectivity index (χ4v) is 2.70. The first-order valence-electron chi connectivity index (χ1n) is 7.04. The Morgan fingerprint density at radius 3 is 2.74 bits per heavy atom. The quantitative estimate of drug-likeness (QED) is 0.900. The van der Waals surface area contributed by atoms with Crippen molar-refractivity contribution in [3.63, 3.8) is 0 Å². The van der Waals surface area contributed by atoms with E-state index in [1.165, 1.54) is 19.3 Å². The summed E-state index contributed by atoms with van der Waals surface area (Å²) in [6, 6.07) is 0. The molecule has 1 aromatic rings. The Morgan fingerprint density at radius 2 is 2.16 bits per heavy atom. The van der Waals surface area contributed by atoms with E-state index in [0.717, 1.165) is 36.8 Å². The average molecular weight is 263 g/mol. The van der Waals surface area contributed by atoms with Gasteiger partial charge in [-0.05, 0) is 19.8 Å². The first-order chi connectivity index (χ1) is 9.29. The molecule has 19 heavy (non-hydrogen) atoms. The summed E-state index contributed by atoms with van der Waals surface area (Å²) in [5, 5.41) is 3.34. The number of aryl methyl sites for hydroxylation is 1. The second-order valence-electron chi connectivity index (χ2n) is 5.28. The lowest BCUT2D eigenvalue weighted by Gasteiger charge is -2.28. The first-order valence-corrected chi connectivity index (χ1v) is 7.04. The fraction of sp³-hybridized carbons (Fsp3) is 0.714. The molecular weight excluding hydrogens is 242 g/mol. The maximum atomic E-state index is 5.81. The van der Waals surface area contributed by atoms with Gasteiger partial charge in [-0.25, -0.2) is 4.98 Å². The molecule has 5 heteroatoms. The molecule has 1 aromatic heterocycles. The predicted octanol–water partition coefficient (Wildman–Crippen LogP) is 1.72. The molecule has 1 N–H and O–H groups in total. The molecule has 1 saturated carbocycles. The van der Waals surface area contributed by atoms with Crippen molar-refractivity contribution in [2.75, 3.05) is 26.8 Å². The van der Waals surface area contributed by atoms with Crippen LogP contribution in [0.4, 0.5) is 0 Å². The lowest BCUT2D eigenvalue weighted by atomic mass is 9.84. The van der Waals surface area contributed by atoms with Crippen molar-refractivity contribution in [2.24, 2.45) is 0 Å². The number of nitrogens with zero attached hydrogens (tertiary/aromatic N) is 2. The summed E-state index contributed by atoms with van der Waals surface area (Å²) >= 11 is 0. The van der Waals surface area contributed by atoms with E-state index >= 15 is 0 Å². The van der Waals surface area contributed by atoms with Crippen LogP contribution in [0.25, 0.3) is 0 Å². The van der Waals surface area contributed by atoms with E-state index in [9.17, 15) is 0 Å². The number of methoxy groups -OCH3 is 1. The highest BCUT2D eigenvalue weighted by Gasteiger charge is 2.28. The normalized spacial score (nSPS) is 24.0. The largest absolute Gasteiger partial charge is 0.481 e. The SMILES string of the molecule is COc1nc(C2CCC2)nc(C)c1C1CNCCO1. The molecule has 1 unspecified atom stereocenters. The second kappa shape index (κ2) is 5.43. The van der Waals surface area contributed by atoms with E-state index in [1.54, 1.807) is 7.11 Å². The molecular formula is C14H21N3O2. The third-order valence-electron chi connectivity index (χ3n) is 4.03. The van der Waals surface area contributed by atoms with Crippen molar-refractivity contribution >= 4 is 0 Å². The molecule has 0 bridgehead atoms. The van der Waals surface area contributed by atoms with Gasteiger partial charge in [0.2, 0.25) is 5.88 Å². The molecule has 0 aromatic carbocycles. The standard InChI is InChI=1S/C14H21N3O2/c1-9-12(11-8-15-6-7-19-11)14(18-2)17-13(16-9)10-4-3-5-10/h10-11,15H,3-8H2,1-2H3. The fourth-order valence-electron chi connectivity index (χ4n) is 2.70. The van der Waals surface area contributed by atoms with Crippen LogP contribution in [0.5, 0.6) is 5.88 Å². The van der Waals surface area contributed by atoms with E-state index in [0.29, 0.717) is 11.8 Å². The lowest BCUT2D eigenvalue weighted by molar-refractivity contribution is 0.0251. The van der Waals surface area contributed by atoms with Crippen LogP contribution in [0.3, 0.4) is 0 Å². The highest BCUT2D eigenvalue weighted by molar-refractivity contribution is 5.34. The molecule has 1 aliphatic heterocycles. The molecule has 2 heterocycles. The Balaban J connectivity index is 1.93. The molecule has 2 aliphatic rings. The molecule has 0 radical (unpaired) electrons. The van der Waals surface area contributed by atoms with Crippen LogP contribution in [0, 0.1) is 6.92 Å². The van der Waals surface area contributed by atoms with E-state index in [-0.39, 0.29) is 6.10 Å². The molecule has 3 rings (SSSR count). The smallest absolute Gasteiger partial charge is 0.222 e. The number of hydrogen-bond donors (Lipinski definition) is 1. The minimum absolute atomic E-state index is 0.000796. The summed E-state index contributed by atoms with van der Waals surface area (Å²) in [4.78, 5) is 9.29. The monoisotopic (exact) mass is 263 g/mol. The highest BCUT2D eigenvalue weighted by Crippen LogP contribution is 2.37. The molecule has 0 spiro atoms. The third kappa shape index (κ3) is 2.44. The van der Waals surface area contributed by atoms with Crippen LogP contribution in [0.15, 0.2) is 0 Å². The van der Waals surface area contributed by atoms with Gasteiger partial charge >= 0.3 is 0 Å². The second-order valence-corrected chi connectivity index (χ2v) is 5.28. The Bertz CT molecular complexity index is 454. The summed E-state index contributed by atoms with van der Waals surface area (Å²) in [6.45, 7) is 4.44. The molecule has 1 saturated heterocycles. The number of morpholine rings is 1. The number of rotatable bonds is 3. The van der Waals surface area contributed by atoms with Crippen LogP contribution in [-0.2, 0) is 4.74 Å². The zero-order valence-electron chi connectivity index (χ0n) is 11.6. The van der Waals surface area contributed by atoms with E-state index in [2.05, 4.69) is 15.3 Å². The zero-order valence-corrected chi connectivity index (χ0v) is 11.6. The number of aromatic nitrogens is 2. The molecule has 104 valence electrons. The maximum Gasteiger partial charge on any atom is 0.222 e. The van der Waals surface area contributed by atoms with Crippen LogP contribution < -0.4 is 10.1 Å². The van der Waals surface area contributed by atoms with E-state index in [4.69, 9.17) is 9.47 Å². The van der Waals surface area contributed by atoms with Gasteiger partial charge in [0, 0.05) is 19.0 Å². The Labute approximate surface area is 113 Å². The van der Waals surface area contributed by atoms with Gasteiger partial charge in [0.1, 0.15) is 11.9 Å². The minimum Gasteiger partial charge on any atom is -0.481 e. The summed E-state index contributed by atoms with van der Waals surface area (Å²) in [6.07, 6.45) is 3.68. The minimum atomic E-state index is -0.000796. The van der Waals surface area contributed by atoms with Crippen LogP contribution >= 0.6 is 0 Å². The Kier molecular flexibility index (Phi) is 3.66. The van der Waals surface area contributed by atoms with Gasteiger partial charge in [0.15, 0.2) is 0 Å². The Hall–Kier alpha value is -1.20. The molecule has 1 atom stereocenters. The molecule has 1 aliphatic carbocycles. The molecule has 5 nitrogen and oxygen atoms in total. The van der Waals surface area contributed by atoms with Gasteiger partial charge in [0.05, 0.1) is 25.0 Å². The first kappa shape index (κ1) is 12.8. The third-order valence-corrected chi connectivity index (χ3v) is 4.03. The summed E-state index contributed by atoms with van der Waals surface area (Å²) in [5.41, 5.74) is 1.99. The molecule has 0 amide bonds. The van der Waals surface area contributed by atoms with Crippen molar-refractivity contribution < 1.29 is 9.47 Å². The summed E-state index contributed by atoms with van der Waals surface area (Å²) in [7, 11) is 1.67. The summed E-state index contributed by atoms with van der Waals surface area (Å²) in [5.74, 6) is 2.14. The Morgan fingerprint density at radius 1 is 1.32 bits per heavy atom. The van der Waals surface area contributed by atoms with Crippen molar-refractivity contribution in [3.8, 4) is 5.88 Å². The molecule has 2 fully saturated rings. The van der Waals surface area contributed by atoms with Crippen molar-refractivity contribution in [2.45, 2.75) is 38.2 Å². The predicted molar refractivity (Wildman–Crippen MR) is 71.5 cm³/mol. The number of nitrogens with one attached hydrogen (secondary N) is 1. The van der Waals surface area contributed by atoms with Crippen molar-refractivity contribution in [1.82, 2.24) is 15.3 Å². The maximum absolute atomic E-state index is 5.81.